The maximum atomic E-state index is 10.7. The van der Waals surface area contributed by atoms with Gasteiger partial charge >= 0.3 is 0 Å². The van der Waals surface area contributed by atoms with E-state index in [4.69, 9.17) is 5.26 Å². The van der Waals surface area contributed by atoms with Gasteiger partial charge in [-0.2, -0.15) is 5.26 Å². The Morgan fingerprint density at radius 1 is 1.46 bits per heavy atom. The van der Waals surface area contributed by atoms with E-state index in [0.29, 0.717) is 19.1 Å². The van der Waals surface area contributed by atoms with Crippen LogP contribution in [-0.4, -0.2) is 17.0 Å². The van der Waals surface area contributed by atoms with Crippen LogP contribution in [0.2, 0.25) is 0 Å². The lowest BCUT2D eigenvalue weighted by atomic mass is 9.65. The van der Waals surface area contributed by atoms with E-state index in [1.54, 1.807) is 0 Å². The summed E-state index contributed by atoms with van der Waals surface area (Å²) in [6.45, 7) is 1.44. The molecule has 1 rings (SSSR count). The van der Waals surface area contributed by atoms with E-state index >= 15 is 0 Å². The van der Waals surface area contributed by atoms with Gasteiger partial charge in [-0.25, -0.2) is 0 Å². The molecule has 0 radical (unpaired) electrons. The first kappa shape index (κ1) is 10.2. The number of aldehydes is 1. The lowest BCUT2D eigenvalue weighted by molar-refractivity contribution is -0.134. The lowest BCUT2D eigenvalue weighted by Crippen LogP contribution is -2.47. The largest absolute Gasteiger partial charge is 0.381 e. The number of aliphatic hydroxyl groups is 1. The molecule has 0 aromatic rings. The van der Waals surface area contributed by atoms with Gasteiger partial charge in [0.05, 0.1) is 11.5 Å². The van der Waals surface area contributed by atoms with Crippen molar-refractivity contribution in [3.63, 3.8) is 0 Å². The van der Waals surface area contributed by atoms with Gasteiger partial charge in [0.15, 0.2) is 6.29 Å². The molecule has 0 saturated heterocycles. The highest BCUT2D eigenvalue weighted by Gasteiger charge is 2.48. The number of hydrogen-bond donors (Lipinski definition) is 1. The van der Waals surface area contributed by atoms with Gasteiger partial charge in [0, 0.05) is 0 Å². The zero-order valence-electron chi connectivity index (χ0n) is 7.92. The zero-order chi connectivity index (χ0) is 9.95. The van der Waals surface area contributed by atoms with Crippen molar-refractivity contribution >= 4 is 6.29 Å². The number of rotatable bonds is 2. The van der Waals surface area contributed by atoms with Crippen LogP contribution in [0.4, 0.5) is 0 Å². The standard InChI is InChI=1S/C10H15NO2/c1-9(13,8-12)10(7-11)5-3-2-4-6-10/h8,13H,2-6H2,1H3. The molecule has 0 aromatic heterocycles. The van der Waals surface area contributed by atoms with E-state index in [2.05, 4.69) is 6.07 Å². The quantitative estimate of drug-likeness (QED) is 0.655. The molecule has 0 bridgehead atoms. The summed E-state index contributed by atoms with van der Waals surface area (Å²) in [5, 5.41) is 18.8. The predicted molar refractivity (Wildman–Crippen MR) is 47.8 cm³/mol. The van der Waals surface area contributed by atoms with E-state index in [1.807, 2.05) is 0 Å². The van der Waals surface area contributed by atoms with Crippen LogP contribution in [0.1, 0.15) is 39.0 Å². The highest BCUT2D eigenvalue weighted by Crippen LogP contribution is 2.43. The SMILES string of the molecule is CC(O)(C=O)C1(C#N)CCCCC1. The molecule has 0 amide bonds. The Hall–Kier alpha value is -0.880. The highest BCUT2D eigenvalue weighted by atomic mass is 16.3. The summed E-state index contributed by atoms with van der Waals surface area (Å²) < 4.78 is 0. The Morgan fingerprint density at radius 2 is 2.00 bits per heavy atom. The van der Waals surface area contributed by atoms with Crippen molar-refractivity contribution in [1.29, 1.82) is 5.26 Å². The number of carbonyl (C=O) groups excluding carboxylic acids is 1. The van der Waals surface area contributed by atoms with E-state index < -0.39 is 11.0 Å². The third-order valence-corrected chi connectivity index (χ3v) is 3.12. The van der Waals surface area contributed by atoms with Crippen LogP contribution in [-0.2, 0) is 4.79 Å². The normalized spacial score (nSPS) is 25.6. The monoisotopic (exact) mass is 181 g/mol. The Bertz CT molecular complexity index is 234. The molecule has 0 aliphatic heterocycles. The van der Waals surface area contributed by atoms with E-state index in [0.717, 1.165) is 19.3 Å². The summed E-state index contributed by atoms with van der Waals surface area (Å²) in [7, 11) is 0. The van der Waals surface area contributed by atoms with Crippen LogP contribution >= 0.6 is 0 Å². The van der Waals surface area contributed by atoms with Gasteiger partial charge < -0.3 is 9.90 Å². The Kier molecular flexibility index (Phi) is 2.72. The van der Waals surface area contributed by atoms with Gasteiger partial charge in [-0.15, -0.1) is 0 Å². The van der Waals surface area contributed by atoms with Crippen molar-refractivity contribution in [3.8, 4) is 6.07 Å². The Balaban J connectivity index is 2.92. The van der Waals surface area contributed by atoms with Gasteiger partial charge in [0.2, 0.25) is 0 Å². The summed E-state index contributed by atoms with van der Waals surface area (Å²) in [4.78, 5) is 10.7. The van der Waals surface area contributed by atoms with Crippen molar-refractivity contribution in [2.24, 2.45) is 5.41 Å². The summed E-state index contributed by atoms with van der Waals surface area (Å²) in [5.41, 5.74) is -2.32. The third-order valence-electron chi connectivity index (χ3n) is 3.12. The smallest absolute Gasteiger partial charge is 0.152 e. The molecule has 1 aliphatic carbocycles. The zero-order valence-corrected chi connectivity index (χ0v) is 7.92. The first-order chi connectivity index (χ1) is 6.08. The Morgan fingerprint density at radius 3 is 2.38 bits per heavy atom. The minimum Gasteiger partial charge on any atom is -0.381 e. The molecule has 3 heteroatoms. The first-order valence-electron chi connectivity index (χ1n) is 4.68. The van der Waals surface area contributed by atoms with Gasteiger partial charge in [0.1, 0.15) is 5.60 Å². The second-order valence-electron chi connectivity index (χ2n) is 4.02. The topological polar surface area (TPSA) is 61.1 Å². The molecule has 1 fully saturated rings. The predicted octanol–water partition coefficient (Wildman–Crippen LogP) is 1.41. The summed E-state index contributed by atoms with van der Waals surface area (Å²) in [5.74, 6) is 0. The van der Waals surface area contributed by atoms with Crippen LogP contribution in [0.3, 0.4) is 0 Å². The minimum absolute atomic E-state index is 0.502. The molecule has 0 heterocycles. The average Bonchev–Trinajstić information content (AvgIpc) is 2.18. The van der Waals surface area contributed by atoms with Crippen LogP contribution in [0.25, 0.3) is 0 Å². The van der Waals surface area contributed by atoms with Crippen LogP contribution in [0.15, 0.2) is 0 Å². The summed E-state index contributed by atoms with van der Waals surface area (Å²) in [6.07, 6.45) is 4.72. The van der Waals surface area contributed by atoms with Crippen molar-refractivity contribution in [1.82, 2.24) is 0 Å². The fourth-order valence-electron chi connectivity index (χ4n) is 2.00. The van der Waals surface area contributed by atoms with Crippen molar-refractivity contribution in [3.05, 3.63) is 0 Å². The minimum atomic E-state index is -1.48. The molecule has 1 saturated carbocycles. The van der Waals surface area contributed by atoms with E-state index in [-0.39, 0.29) is 0 Å². The second-order valence-corrected chi connectivity index (χ2v) is 4.02. The van der Waals surface area contributed by atoms with Gasteiger partial charge in [-0.1, -0.05) is 19.3 Å². The molecular formula is C10H15NO2. The summed E-state index contributed by atoms with van der Waals surface area (Å²) >= 11 is 0. The van der Waals surface area contributed by atoms with Crippen molar-refractivity contribution in [2.45, 2.75) is 44.6 Å². The van der Waals surface area contributed by atoms with E-state index in [1.165, 1.54) is 6.92 Å². The summed E-state index contributed by atoms with van der Waals surface area (Å²) in [6, 6.07) is 2.13. The fraction of sp³-hybridized carbons (Fsp3) is 0.800. The molecule has 1 N–H and O–H groups in total. The van der Waals surface area contributed by atoms with Crippen LogP contribution in [0.5, 0.6) is 0 Å². The average molecular weight is 181 g/mol. The Labute approximate surface area is 78.4 Å². The molecule has 13 heavy (non-hydrogen) atoms. The van der Waals surface area contributed by atoms with Crippen molar-refractivity contribution in [2.75, 3.05) is 0 Å². The van der Waals surface area contributed by atoms with Gasteiger partial charge in [0.25, 0.3) is 0 Å². The molecule has 0 spiro atoms. The number of hydrogen-bond acceptors (Lipinski definition) is 3. The molecule has 0 aromatic carbocycles. The molecule has 1 aliphatic rings. The molecular weight excluding hydrogens is 166 g/mol. The molecule has 1 unspecified atom stereocenters. The lowest BCUT2D eigenvalue weighted by Gasteiger charge is -2.39. The highest BCUT2D eigenvalue weighted by molar-refractivity contribution is 5.64. The maximum absolute atomic E-state index is 10.7. The van der Waals surface area contributed by atoms with Gasteiger partial charge in [-0.05, 0) is 19.8 Å². The van der Waals surface area contributed by atoms with Crippen LogP contribution < -0.4 is 0 Å². The third kappa shape index (κ3) is 1.59. The maximum Gasteiger partial charge on any atom is 0.152 e. The van der Waals surface area contributed by atoms with E-state index in [9.17, 15) is 9.90 Å². The van der Waals surface area contributed by atoms with Crippen LogP contribution in [0, 0.1) is 16.7 Å². The second kappa shape index (κ2) is 3.47. The first-order valence-corrected chi connectivity index (χ1v) is 4.68. The van der Waals surface area contributed by atoms with Gasteiger partial charge in [-0.3, -0.25) is 0 Å². The molecule has 72 valence electrons. The molecule has 3 nitrogen and oxygen atoms in total. The number of carbonyl (C=O) groups is 1. The number of nitrogens with zero attached hydrogens (tertiary/aromatic N) is 1. The van der Waals surface area contributed by atoms with Crippen molar-refractivity contribution < 1.29 is 9.90 Å². The fourth-order valence-corrected chi connectivity index (χ4v) is 2.00. The molecule has 1 atom stereocenters. The number of nitriles is 1.